The molecule has 2 unspecified atom stereocenters. The van der Waals surface area contributed by atoms with Crippen LogP contribution in [0.2, 0.25) is 5.02 Å². The second kappa shape index (κ2) is 8.64. The summed E-state index contributed by atoms with van der Waals surface area (Å²) in [5.41, 5.74) is 0. The van der Waals surface area contributed by atoms with Gasteiger partial charge < -0.3 is 14.4 Å². The molecule has 2 aliphatic heterocycles. The van der Waals surface area contributed by atoms with E-state index in [1.165, 1.54) is 30.3 Å². The summed E-state index contributed by atoms with van der Waals surface area (Å²) in [5, 5.41) is 5.42. The SMILES string of the molecule is NS(=O)(=O)c1cc(Cl)ccc1OCC(=O)N1C2CCC1CC(Oc1ccc(F)cc1)C2. The number of hydrogen-bond donors (Lipinski definition) is 1. The summed E-state index contributed by atoms with van der Waals surface area (Å²) in [4.78, 5) is 14.4. The average molecular weight is 469 g/mol. The van der Waals surface area contributed by atoms with E-state index in [0.717, 1.165) is 12.8 Å². The van der Waals surface area contributed by atoms with E-state index in [9.17, 15) is 17.6 Å². The van der Waals surface area contributed by atoms with Crippen molar-refractivity contribution in [2.45, 2.75) is 48.8 Å². The second-order valence-electron chi connectivity index (χ2n) is 7.78. The molecule has 31 heavy (non-hydrogen) atoms. The highest BCUT2D eigenvalue weighted by molar-refractivity contribution is 7.89. The van der Waals surface area contributed by atoms with Crippen molar-refractivity contribution in [3.8, 4) is 11.5 Å². The maximum atomic E-state index is 13.1. The number of amides is 1. The van der Waals surface area contributed by atoms with Crippen molar-refractivity contribution in [3.63, 3.8) is 0 Å². The highest BCUT2D eigenvalue weighted by Gasteiger charge is 2.44. The Morgan fingerprint density at radius 3 is 2.39 bits per heavy atom. The maximum absolute atomic E-state index is 13.1. The number of benzene rings is 2. The van der Waals surface area contributed by atoms with Gasteiger partial charge in [-0.15, -0.1) is 0 Å². The Morgan fingerprint density at radius 2 is 1.77 bits per heavy atom. The van der Waals surface area contributed by atoms with E-state index in [-0.39, 0.29) is 52.2 Å². The van der Waals surface area contributed by atoms with Crippen molar-refractivity contribution in [1.29, 1.82) is 0 Å². The van der Waals surface area contributed by atoms with Gasteiger partial charge in [-0.25, -0.2) is 17.9 Å². The van der Waals surface area contributed by atoms with Crippen LogP contribution < -0.4 is 14.6 Å². The molecule has 2 aromatic rings. The monoisotopic (exact) mass is 468 g/mol. The van der Waals surface area contributed by atoms with Gasteiger partial charge >= 0.3 is 0 Å². The number of sulfonamides is 1. The van der Waals surface area contributed by atoms with E-state index in [4.69, 9.17) is 26.2 Å². The zero-order valence-corrected chi connectivity index (χ0v) is 18.1. The zero-order valence-electron chi connectivity index (χ0n) is 16.5. The van der Waals surface area contributed by atoms with Crippen molar-refractivity contribution in [3.05, 3.63) is 53.3 Å². The summed E-state index contributed by atoms with van der Waals surface area (Å²) in [5.74, 6) is 0.0523. The number of fused-ring (bicyclic) bond motifs is 2. The molecule has 0 radical (unpaired) electrons. The van der Waals surface area contributed by atoms with Crippen molar-refractivity contribution in [1.82, 2.24) is 4.90 Å². The fourth-order valence-corrected chi connectivity index (χ4v) is 5.31. The van der Waals surface area contributed by atoms with Gasteiger partial charge in [0, 0.05) is 29.9 Å². The molecule has 2 atom stereocenters. The first kappa shape index (κ1) is 21.9. The molecule has 166 valence electrons. The quantitative estimate of drug-likeness (QED) is 0.702. The normalized spacial score (nSPS) is 22.9. The number of carbonyl (C=O) groups is 1. The molecule has 2 fully saturated rings. The lowest BCUT2D eigenvalue weighted by Crippen LogP contribution is -2.50. The van der Waals surface area contributed by atoms with Crippen molar-refractivity contribution in [2.24, 2.45) is 5.14 Å². The molecule has 2 saturated heterocycles. The van der Waals surface area contributed by atoms with Crippen LogP contribution in [0.15, 0.2) is 47.4 Å². The minimum Gasteiger partial charge on any atom is -0.490 e. The Balaban J connectivity index is 1.39. The summed E-state index contributed by atoms with van der Waals surface area (Å²) in [6, 6.07) is 9.98. The molecular weight excluding hydrogens is 447 g/mol. The fraction of sp³-hybridized carbons (Fsp3) is 0.381. The number of nitrogens with zero attached hydrogens (tertiary/aromatic N) is 1. The molecule has 0 saturated carbocycles. The fourth-order valence-electron chi connectivity index (χ4n) is 4.37. The van der Waals surface area contributed by atoms with Gasteiger partial charge in [-0.3, -0.25) is 4.79 Å². The topological polar surface area (TPSA) is 98.9 Å². The third-order valence-corrected chi connectivity index (χ3v) is 6.82. The Kier molecular flexibility index (Phi) is 6.09. The molecule has 4 rings (SSSR count). The van der Waals surface area contributed by atoms with E-state index < -0.39 is 10.0 Å². The first-order chi connectivity index (χ1) is 14.7. The van der Waals surface area contributed by atoms with Crippen molar-refractivity contribution >= 4 is 27.5 Å². The minimum absolute atomic E-state index is 0.0119. The second-order valence-corrected chi connectivity index (χ2v) is 9.74. The van der Waals surface area contributed by atoms with Crippen LogP contribution in [-0.2, 0) is 14.8 Å². The van der Waals surface area contributed by atoms with Gasteiger partial charge in [0.25, 0.3) is 5.91 Å². The molecule has 7 nitrogen and oxygen atoms in total. The molecule has 2 aromatic carbocycles. The van der Waals surface area contributed by atoms with Gasteiger partial charge in [0.05, 0.1) is 0 Å². The number of primary sulfonamides is 1. The Bertz CT molecular complexity index is 1070. The third kappa shape index (κ3) is 4.94. The number of halogens is 2. The summed E-state index contributed by atoms with van der Waals surface area (Å²) >= 11 is 5.85. The highest BCUT2D eigenvalue weighted by Crippen LogP contribution is 2.37. The summed E-state index contributed by atoms with van der Waals surface area (Å²) < 4.78 is 48.1. The van der Waals surface area contributed by atoms with Gasteiger partial charge in [0.2, 0.25) is 10.0 Å². The smallest absolute Gasteiger partial charge is 0.261 e. The van der Waals surface area contributed by atoms with E-state index >= 15 is 0 Å². The lowest BCUT2D eigenvalue weighted by atomic mass is 9.99. The first-order valence-corrected chi connectivity index (χ1v) is 11.8. The summed E-state index contributed by atoms with van der Waals surface area (Å²) in [7, 11) is -4.05. The molecule has 10 heteroatoms. The van der Waals surface area contributed by atoms with Crippen LogP contribution in [0.3, 0.4) is 0 Å². The third-order valence-electron chi connectivity index (χ3n) is 5.66. The highest BCUT2D eigenvalue weighted by atomic mass is 35.5. The molecule has 0 aliphatic carbocycles. The maximum Gasteiger partial charge on any atom is 0.261 e. The lowest BCUT2D eigenvalue weighted by Gasteiger charge is -2.38. The lowest BCUT2D eigenvalue weighted by molar-refractivity contribution is -0.139. The number of piperidine rings is 1. The minimum atomic E-state index is -4.05. The van der Waals surface area contributed by atoms with Crippen LogP contribution in [0.25, 0.3) is 0 Å². The van der Waals surface area contributed by atoms with Gasteiger partial charge in [0.1, 0.15) is 28.3 Å². The van der Waals surface area contributed by atoms with E-state index in [2.05, 4.69) is 0 Å². The van der Waals surface area contributed by atoms with Crippen LogP contribution >= 0.6 is 11.6 Å². The van der Waals surface area contributed by atoms with Crippen LogP contribution in [0, 0.1) is 5.82 Å². The molecule has 0 spiro atoms. The molecule has 2 aliphatic rings. The van der Waals surface area contributed by atoms with Gasteiger partial charge in [-0.05, 0) is 55.3 Å². The van der Waals surface area contributed by atoms with Crippen molar-refractivity contribution < 1.29 is 27.1 Å². The molecule has 0 aromatic heterocycles. The molecule has 2 heterocycles. The van der Waals surface area contributed by atoms with E-state index in [1.807, 2.05) is 4.90 Å². The number of nitrogens with two attached hydrogens (primary N) is 1. The molecule has 1 amide bonds. The molecular formula is C21H22ClFN2O5S. The Morgan fingerprint density at radius 1 is 1.13 bits per heavy atom. The average Bonchev–Trinajstić information content (AvgIpc) is 2.98. The van der Waals surface area contributed by atoms with Crippen LogP contribution in [0.4, 0.5) is 4.39 Å². The van der Waals surface area contributed by atoms with Gasteiger partial charge in [-0.1, -0.05) is 11.6 Å². The number of ether oxygens (including phenoxy) is 2. The number of rotatable bonds is 6. The molecule has 2 N–H and O–H groups in total. The van der Waals surface area contributed by atoms with Crippen LogP contribution in [0.1, 0.15) is 25.7 Å². The standard InChI is InChI=1S/C21H22ClFN2O5S/c22-13-1-8-19(20(9-13)31(24,27)28)29-12-21(26)25-15-4-5-16(25)11-18(10-15)30-17-6-2-14(23)3-7-17/h1-3,6-9,15-16,18H,4-5,10-12H2,(H2,24,27,28). The van der Waals surface area contributed by atoms with Gasteiger partial charge in [0.15, 0.2) is 6.61 Å². The van der Waals surface area contributed by atoms with Crippen LogP contribution in [0.5, 0.6) is 11.5 Å². The largest absolute Gasteiger partial charge is 0.490 e. The Labute approximate surface area is 184 Å². The van der Waals surface area contributed by atoms with Crippen molar-refractivity contribution in [2.75, 3.05) is 6.61 Å². The van der Waals surface area contributed by atoms with Gasteiger partial charge in [-0.2, -0.15) is 0 Å². The summed E-state index contributed by atoms with van der Waals surface area (Å²) in [6.45, 7) is -0.305. The van der Waals surface area contributed by atoms with E-state index in [1.54, 1.807) is 12.1 Å². The zero-order chi connectivity index (χ0) is 22.2. The number of hydrogen-bond acceptors (Lipinski definition) is 5. The predicted molar refractivity (Wildman–Crippen MR) is 112 cm³/mol. The first-order valence-electron chi connectivity index (χ1n) is 9.89. The summed E-state index contributed by atoms with van der Waals surface area (Å²) in [6.07, 6.45) is 3.01. The molecule has 2 bridgehead atoms. The predicted octanol–water partition coefficient (Wildman–Crippen LogP) is 3.11. The van der Waals surface area contributed by atoms with Crippen LogP contribution in [-0.4, -0.2) is 44.0 Å². The Hall–Kier alpha value is -2.36. The number of carbonyl (C=O) groups excluding carboxylic acids is 1. The van der Waals surface area contributed by atoms with E-state index in [0.29, 0.717) is 18.6 Å².